The highest BCUT2D eigenvalue weighted by molar-refractivity contribution is 7.66. The number of fused-ring (bicyclic) bond motifs is 1. The van der Waals surface area contributed by atoms with Crippen LogP contribution in [0.4, 0.5) is 0 Å². The summed E-state index contributed by atoms with van der Waals surface area (Å²) in [5.74, 6) is -0.461. The average Bonchev–Trinajstić information content (AvgIpc) is 3.46. The Morgan fingerprint density at radius 2 is 1.54 bits per heavy atom. The summed E-state index contributed by atoms with van der Waals surface area (Å²) in [6.07, 6.45) is 2.71. The number of ether oxygens (including phenoxy) is 1. The topological polar surface area (TPSA) is 273 Å². The van der Waals surface area contributed by atoms with E-state index in [2.05, 4.69) is 35.7 Å². The van der Waals surface area contributed by atoms with Crippen molar-refractivity contribution in [3.63, 3.8) is 0 Å². The molecule has 0 amide bonds. The van der Waals surface area contributed by atoms with E-state index in [1.165, 1.54) is 15.7 Å². The van der Waals surface area contributed by atoms with Gasteiger partial charge in [-0.3, -0.25) is 9.09 Å². The van der Waals surface area contributed by atoms with E-state index < -0.39 is 60.0 Å². The maximum absolute atomic E-state index is 12.8. The Hall–Kier alpha value is -2.14. The zero-order chi connectivity index (χ0) is 34.4. The Morgan fingerprint density at radius 1 is 0.913 bits per heavy atom. The largest absolute Gasteiger partial charge is 0.492 e. The van der Waals surface area contributed by atoms with Gasteiger partial charge in [0.25, 0.3) is 0 Å². The van der Waals surface area contributed by atoms with Gasteiger partial charge in [0.15, 0.2) is 17.4 Å². The minimum Gasteiger partial charge on any atom is -0.492 e. The molecule has 1 aliphatic rings. The molecular formula is C25H39N4O14P3. The molecule has 258 valence electrons. The fraction of sp³-hybridized carbons (Fsp3) is 0.560. The van der Waals surface area contributed by atoms with Crippen LogP contribution in [0.25, 0.3) is 11.2 Å². The summed E-state index contributed by atoms with van der Waals surface area (Å²) in [6, 6.07) is 0. The first-order chi connectivity index (χ1) is 21.3. The van der Waals surface area contributed by atoms with Crippen LogP contribution < -0.4 is 0 Å². The van der Waals surface area contributed by atoms with Crippen LogP contribution in [0, 0.1) is 0 Å². The molecule has 2 aromatic heterocycles. The summed E-state index contributed by atoms with van der Waals surface area (Å²) in [4.78, 5) is 49.1. The van der Waals surface area contributed by atoms with Crippen LogP contribution in [0.1, 0.15) is 66.0 Å². The minimum atomic E-state index is -5.84. The Morgan fingerprint density at radius 3 is 2.17 bits per heavy atom. The number of phosphoric acid groups is 3. The third-order valence-corrected chi connectivity index (χ3v) is 10.6. The van der Waals surface area contributed by atoms with Crippen molar-refractivity contribution in [3.05, 3.63) is 47.6 Å². The van der Waals surface area contributed by atoms with Crippen molar-refractivity contribution < 1.29 is 66.5 Å². The molecule has 3 unspecified atom stereocenters. The first-order valence-electron chi connectivity index (χ1n) is 13.9. The van der Waals surface area contributed by atoms with Gasteiger partial charge >= 0.3 is 23.5 Å². The SMILES string of the molecule is CC(C)=CCCC(C)=CCCC(C)=CCC(OP(=O)(O)OP(=O)(O)OP(=O)(O)O)[C@H]1O[C@@H](n2cnc3c(O)ncnc32)[C@H](O)[C@@H]1O. The quantitative estimate of drug-likeness (QED) is 0.0966. The van der Waals surface area contributed by atoms with Crippen molar-refractivity contribution >= 4 is 34.6 Å². The smallest absolute Gasteiger partial charge is 0.490 e. The number of aliphatic hydroxyl groups is 2. The number of aliphatic hydroxyl groups excluding tert-OH is 2. The molecule has 3 heterocycles. The highest BCUT2D eigenvalue weighted by Crippen LogP contribution is 2.67. The average molecular weight is 713 g/mol. The highest BCUT2D eigenvalue weighted by Gasteiger charge is 2.50. The Balaban J connectivity index is 1.83. The third kappa shape index (κ3) is 11.2. The van der Waals surface area contributed by atoms with Crippen molar-refractivity contribution in [2.75, 3.05) is 0 Å². The molecule has 1 fully saturated rings. The maximum Gasteiger partial charge on any atom is 0.490 e. The summed E-state index contributed by atoms with van der Waals surface area (Å²) < 4.78 is 55.5. The molecule has 1 aliphatic heterocycles. The molecule has 0 spiro atoms. The zero-order valence-electron chi connectivity index (χ0n) is 25.4. The van der Waals surface area contributed by atoms with Crippen LogP contribution in [0.2, 0.25) is 0 Å². The van der Waals surface area contributed by atoms with Gasteiger partial charge in [0.05, 0.1) is 6.33 Å². The Labute approximate surface area is 264 Å². The van der Waals surface area contributed by atoms with Gasteiger partial charge < -0.3 is 39.6 Å². The van der Waals surface area contributed by atoms with Gasteiger partial charge in [0.2, 0.25) is 5.88 Å². The Bertz CT molecular complexity index is 1600. The monoisotopic (exact) mass is 712 g/mol. The van der Waals surface area contributed by atoms with Crippen LogP contribution in [-0.2, 0) is 31.6 Å². The fourth-order valence-electron chi connectivity index (χ4n) is 4.61. The molecule has 0 aliphatic carbocycles. The number of hydrogen-bond acceptors (Lipinski definition) is 13. The van der Waals surface area contributed by atoms with Gasteiger partial charge in [0, 0.05) is 0 Å². The van der Waals surface area contributed by atoms with Gasteiger partial charge in [-0.15, -0.1) is 0 Å². The molecule has 0 radical (unpaired) electrons. The molecule has 18 nitrogen and oxygen atoms in total. The number of phosphoric ester groups is 1. The summed E-state index contributed by atoms with van der Waals surface area (Å²) in [5, 5.41) is 31.8. The predicted octanol–water partition coefficient (Wildman–Crippen LogP) is 3.67. The van der Waals surface area contributed by atoms with E-state index in [0.29, 0.717) is 12.8 Å². The number of allylic oxidation sites excluding steroid dienone is 5. The molecular weight excluding hydrogens is 673 g/mol. The van der Waals surface area contributed by atoms with E-state index in [1.54, 1.807) is 13.0 Å². The molecule has 0 aromatic carbocycles. The van der Waals surface area contributed by atoms with Crippen molar-refractivity contribution in [2.45, 2.75) is 90.4 Å². The van der Waals surface area contributed by atoms with E-state index in [9.17, 15) is 38.8 Å². The molecule has 7 N–H and O–H groups in total. The first kappa shape index (κ1) is 38.3. The molecule has 46 heavy (non-hydrogen) atoms. The first-order valence-corrected chi connectivity index (χ1v) is 18.5. The number of aromatic hydroxyl groups is 1. The summed E-state index contributed by atoms with van der Waals surface area (Å²) in [7, 11) is -17.1. The maximum atomic E-state index is 12.8. The van der Waals surface area contributed by atoms with Crippen molar-refractivity contribution in [2.24, 2.45) is 0 Å². The van der Waals surface area contributed by atoms with E-state index in [-0.39, 0.29) is 17.6 Å². The number of nitrogens with zero attached hydrogens (tertiary/aromatic N) is 4. The van der Waals surface area contributed by atoms with Crippen molar-refractivity contribution in [1.29, 1.82) is 0 Å². The van der Waals surface area contributed by atoms with Crippen molar-refractivity contribution in [3.8, 4) is 5.88 Å². The van der Waals surface area contributed by atoms with E-state index in [4.69, 9.17) is 19.0 Å². The lowest BCUT2D eigenvalue weighted by Crippen LogP contribution is -2.39. The van der Waals surface area contributed by atoms with Crippen LogP contribution in [0.15, 0.2) is 47.6 Å². The lowest BCUT2D eigenvalue weighted by Gasteiger charge is -2.27. The van der Waals surface area contributed by atoms with Crippen LogP contribution in [0.3, 0.4) is 0 Å². The minimum absolute atomic E-state index is 0.0220. The molecule has 2 aromatic rings. The summed E-state index contributed by atoms with van der Waals surface area (Å²) >= 11 is 0. The second kappa shape index (κ2) is 15.8. The lowest BCUT2D eigenvalue weighted by molar-refractivity contribution is -0.0798. The number of imidazole rings is 1. The van der Waals surface area contributed by atoms with Gasteiger partial charge in [-0.05, 0) is 59.8 Å². The summed E-state index contributed by atoms with van der Waals surface area (Å²) in [6.45, 7) is 7.86. The number of aromatic nitrogens is 4. The van der Waals surface area contributed by atoms with Crippen LogP contribution in [-0.4, -0.2) is 78.8 Å². The molecule has 1 saturated heterocycles. The van der Waals surface area contributed by atoms with E-state index in [1.807, 2.05) is 20.8 Å². The third-order valence-electron chi connectivity index (χ3n) is 6.76. The van der Waals surface area contributed by atoms with Crippen LogP contribution >= 0.6 is 23.5 Å². The van der Waals surface area contributed by atoms with E-state index >= 15 is 0 Å². The van der Waals surface area contributed by atoms with Gasteiger partial charge in [0.1, 0.15) is 30.7 Å². The molecule has 21 heteroatoms. The molecule has 0 bridgehead atoms. The molecule has 0 saturated carbocycles. The van der Waals surface area contributed by atoms with Gasteiger partial charge in [-0.1, -0.05) is 34.9 Å². The highest BCUT2D eigenvalue weighted by atomic mass is 31.3. The molecule has 7 atom stereocenters. The number of hydrogen-bond donors (Lipinski definition) is 7. The lowest BCUT2D eigenvalue weighted by atomic mass is 10.0. The van der Waals surface area contributed by atoms with Gasteiger partial charge in [-0.25, -0.2) is 23.7 Å². The van der Waals surface area contributed by atoms with Gasteiger partial charge in [-0.2, -0.15) is 13.6 Å². The van der Waals surface area contributed by atoms with Crippen molar-refractivity contribution in [1.82, 2.24) is 19.5 Å². The second-order valence-corrected chi connectivity index (χ2v) is 15.3. The number of rotatable bonds is 16. The standard InChI is InChI=1S/C25H39N4O14P3/c1-15(2)7-5-8-16(3)9-6-10-17(4)11-12-18(41-45(36,37)43-46(38,39)42-44(33,34)35)22-20(30)21(31)25(40-22)29-14-28-19-23(29)26-13-27-24(19)32/h7,9,11,13-14,18,20-22,25,30-31H,5-6,8,10,12H2,1-4H3,(H,36,37)(H,38,39)(H,26,27,32)(H2,33,34,35)/t18?,20-,21+,22+,25+/m0/s1. The summed E-state index contributed by atoms with van der Waals surface area (Å²) in [5.41, 5.74) is 3.21. The Kier molecular flexibility index (Phi) is 13.2. The van der Waals surface area contributed by atoms with E-state index in [0.717, 1.165) is 31.1 Å². The second-order valence-electron chi connectivity index (χ2n) is 10.9. The van der Waals surface area contributed by atoms with Crippen LogP contribution in [0.5, 0.6) is 5.88 Å². The normalized spacial score (nSPS) is 24.5. The fourth-order valence-corrected chi connectivity index (χ4v) is 7.82. The zero-order valence-corrected chi connectivity index (χ0v) is 28.1. The predicted molar refractivity (Wildman–Crippen MR) is 162 cm³/mol. The molecule has 3 rings (SSSR count).